The molecule has 0 aromatic heterocycles. The molecule has 0 aliphatic heterocycles. The molecule has 0 radical (unpaired) electrons. The molecule has 1 saturated carbocycles. The molecule has 1 N–H and O–H groups in total. The Morgan fingerprint density at radius 2 is 1.88 bits per heavy atom. The van der Waals surface area contributed by atoms with Crippen molar-refractivity contribution in [1.82, 2.24) is 9.62 Å². The minimum absolute atomic E-state index is 0.0599. The highest BCUT2D eigenvalue weighted by Crippen LogP contribution is 2.31. The minimum Gasteiger partial charge on any atom is -0.316 e. The van der Waals surface area contributed by atoms with Crippen molar-refractivity contribution in [2.75, 3.05) is 19.6 Å². The van der Waals surface area contributed by atoms with Gasteiger partial charge in [-0.15, -0.1) is 0 Å². The fourth-order valence-corrected chi connectivity index (χ4v) is 3.64. The molecular formula is C12H26N2O2S. The van der Waals surface area contributed by atoms with Crippen LogP contribution in [0.15, 0.2) is 0 Å². The van der Waals surface area contributed by atoms with Crippen molar-refractivity contribution < 1.29 is 8.42 Å². The first-order valence-electron chi connectivity index (χ1n) is 6.61. The molecule has 0 bridgehead atoms. The quantitative estimate of drug-likeness (QED) is 0.720. The first-order chi connectivity index (χ1) is 7.89. The molecular weight excluding hydrogens is 236 g/mol. The van der Waals surface area contributed by atoms with Gasteiger partial charge in [0.25, 0.3) is 0 Å². The van der Waals surface area contributed by atoms with E-state index in [0.717, 1.165) is 6.54 Å². The lowest BCUT2D eigenvalue weighted by Crippen LogP contribution is -2.46. The van der Waals surface area contributed by atoms with Crippen molar-refractivity contribution >= 4 is 10.0 Å². The van der Waals surface area contributed by atoms with Crippen molar-refractivity contribution in [1.29, 1.82) is 0 Å². The van der Waals surface area contributed by atoms with E-state index in [1.807, 2.05) is 20.8 Å². The molecule has 4 nitrogen and oxygen atoms in total. The van der Waals surface area contributed by atoms with Crippen molar-refractivity contribution in [3.63, 3.8) is 0 Å². The van der Waals surface area contributed by atoms with Crippen LogP contribution >= 0.6 is 0 Å². The molecule has 0 amide bonds. The first-order valence-corrected chi connectivity index (χ1v) is 8.11. The molecule has 1 unspecified atom stereocenters. The lowest BCUT2D eigenvalue weighted by Gasteiger charge is -2.29. The van der Waals surface area contributed by atoms with E-state index >= 15 is 0 Å². The molecule has 1 fully saturated rings. The molecule has 0 saturated heterocycles. The van der Waals surface area contributed by atoms with Gasteiger partial charge in [0.1, 0.15) is 0 Å². The molecule has 17 heavy (non-hydrogen) atoms. The molecule has 1 aliphatic carbocycles. The fraction of sp³-hybridized carbons (Fsp3) is 1.00. The predicted octanol–water partition coefficient (Wildman–Crippen LogP) is 1.43. The molecule has 102 valence electrons. The maximum Gasteiger partial charge on any atom is 0.218 e. The van der Waals surface area contributed by atoms with Crippen LogP contribution in [-0.2, 0) is 10.0 Å². The number of hydrogen-bond acceptors (Lipinski definition) is 3. The van der Waals surface area contributed by atoms with Gasteiger partial charge in [0.05, 0.1) is 5.25 Å². The lowest BCUT2D eigenvalue weighted by molar-refractivity contribution is 0.337. The summed E-state index contributed by atoms with van der Waals surface area (Å²) in [7, 11) is -3.16. The summed E-state index contributed by atoms with van der Waals surface area (Å²) in [5.41, 5.74) is 0. The van der Waals surface area contributed by atoms with Gasteiger partial charge in [-0.25, -0.2) is 8.42 Å². The molecule has 0 aromatic carbocycles. The van der Waals surface area contributed by atoms with Gasteiger partial charge in [-0.3, -0.25) is 0 Å². The average Bonchev–Trinajstić information content (AvgIpc) is 3.05. The van der Waals surface area contributed by atoms with Gasteiger partial charge in [0.2, 0.25) is 10.0 Å². The Morgan fingerprint density at radius 3 is 2.29 bits per heavy atom. The number of sulfonamides is 1. The van der Waals surface area contributed by atoms with E-state index in [0.29, 0.717) is 19.0 Å². The lowest BCUT2D eigenvalue weighted by atomic mass is 10.3. The zero-order chi connectivity index (χ0) is 13.1. The molecule has 0 heterocycles. The van der Waals surface area contributed by atoms with E-state index in [1.54, 1.807) is 11.2 Å². The summed E-state index contributed by atoms with van der Waals surface area (Å²) in [6.45, 7) is 9.75. The van der Waals surface area contributed by atoms with E-state index in [-0.39, 0.29) is 11.3 Å². The number of hydrogen-bond donors (Lipinski definition) is 1. The van der Waals surface area contributed by atoms with Crippen LogP contribution in [0.3, 0.4) is 0 Å². The summed E-state index contributed by atoms with van der Waals surface area (Å²) in [4.78, 5) is 0. The zero-order valence-electron chi connectivity index (χ0n) is 11.4. The van der Waals surface area contributed by atoms with E-state index in [2.05, 4.69) is 5.32 Å². The standard InChI is InChI=1S/C12H26N2O2S/c1-5-13-8-11(4)17(15,16)14(10(2)3)9-12-6-7-12/h10-13H,5-9H2,1-4H3. The normalized spacial score (nSPS) is 18.9. The zero-order valence-corrected chi connectivity index (χ0v) is 12.3. The smallest absolute Gasteiger partial charge is 0.218 e. The van der Waals surface area contributed by atoms with Crippen molar-refractivity contribution in [3.8, 4) is 0 Å². The van der Waals surface area contributed by atoms with Gasteiger partial charge >= 0.3 is 0 Å². The predicted molar refractivity (Wildman–Crippen MR) is 71.5 cm³/mol. The van der Waals surface area contributed by atoms with Gasteiger partial charge in [-0.2, -0.15) is 4.31 Å². The topological polar surface area (TPSA) is 49.4 Å². The van der Waals surface area contributed by atoms with Crippen LogP contribution < -0.4 is 5.32 Å². The summed E-state index contributed by atoms with van der Waals surface area (Å²) in [5, 5.41) is 2.77. The largest absolute Gasteiger partial charge is 0.316 e. The molecule has 1 atom stereocenters. The summed E-state index contributed by atoms with van der Waals surface area (Å²) < 4.78 is 26.5. The Morgan fingerprint density at radius 1 is 1.29 bits per heavy atom. The van der Waals surface area contributed by atoms with Crippen LogP contribution in [0.2, 0.25) is 0 Å². The van der Waals surface area contributed by atoms with Crippen LogP contribution in [0.25, 0.3) is 0 Å². The van der Waals surface area contributed by atoms with Crippen LogP contribution in [0.1, 0.15) is 40.5 Å². The average molecular weight is 262 g/mol. The van der Waals surface area contributed by atoms with E-state index in [1.165, 1.54) is 12.8 Å². The second kappa shape index (κ2) is 6.16. The summed E-state index contributed by atoms with van der Waals surface area (Å²) in [5.74, 6) is 0.596. The van der Waals surface area contributed by atoms with Crippen molar-refractivity contribution in [3.05, 3.63) is 0 Å². The van der Waals surface area contributed by atoms with Crippen LogP contribution in [-0.4, -0.2) is 43.6 Å². The summed E-state index contributed by atoms with van der Waals surface area (Å²) in [6.07, 6.45) is 2.36. The van der Waals surface area contributed by atoms with Gasteiger partial charge in [-0.1, -0.05) is 6.92 Å². The van der Waals surface area contributed by atoms with Crippen LogP contribution in [0.4, 0.5) is 0 Å². The van der Waals surface area contributed by atoms with E-state index in [4.69, 9.17) is 0 Å². The number of rotatable bonds is 8. The van der Waals surface area contributed by atoms with Crippen LogP contribution in [0.5, 0.6) is 0 Å². The molecule has 0 spiro atoms. The van der Waals surface area contributed by atoms with Gasteiger partial charge < -0.3 is 5.32 Å². The number of nitrogens with zero attached hydrogens (tertiary/aromatic N) is 1. The maximum absolute atomic E-state index is 12.4. The monoisotopic (exact) mass is 262 g/mol. The van der Waals surface area contributed by atoms with Crippen molar-refractivity contribution in [2.24, 2.45) is 5.92 Å². The highest BCUT2D eigenvalue weighted by molar-refractivity contribution is 7.89. The van der Waals surface area contributed by atoms with Gasteiger partial charge in [-0.05, 0) is 46.1 Å². The Bertz CT molecular complexity index is 323. The third-order valence-corrected chi connectivity index (χ3v) is 5.64. The van der Waals surface area contributed by atoms with Crippen molar-refractivity contribution in [2.45, 2.75) is 51.8 Å². The SMILES string of the molecule is CCNCC(C)S(=O)(=O)N(CC1CC1)C(C)C. The highest BCUT2D eigenvalue weighted by atomic mass is 32.2. The third-order valence-electron chi connectivity index (χ3n) is 3.23. The van der Waals surface area contributed by atoms with E-state index < -0.39 is 10.0 Å². The van der Waals surface area contributed by atoms with Crippen LogP contribution in [0, 0.1) is 5.92 Å². The summed E-state index contributed by atoms with van der Waals surface area (Å²) in [6, 6.07) is 0.0599. The second-order valence-corrected chi connectivity index (χ2v) is 7.57. The first kappa shape index (κ1) is 14.9. The maximum atomic E-state index is 12.4. The molecule has 5 heteroatoms. The highest BCUT2D eigenvalue weighted by Gasteiger charge is 2.35. The third kappa shape index (κ3) is 4.23. The molecule has 1 rings (SSSR count). The van der Waals surface area contributed by atoms with E-state index in [9.17, 15) is 8.42 Å². The Hall–Kier alpha value is -0.130. The second-order valence-electron chi connectivity index (χ2n) is 5.27. The Balaban J connectivity index is 2.68. The number of nitrogens with one attached hydrogen (secondary N) is 1. The van der Waals surface area contributed by atoms with Gasteiger partial charge in [0.15, 0.2) is 0 Å². The molecule has 0 aromatic rings. The fourth-order valence-electron chi connectivity index (χ4n) is 1.85. The summed E-state index contributed by atoms with van der Waals surface area (Å²) >= 11 is 0. The minimum atomic E-state index is -3.16. The Kier molecular flexibility index (Phi) is 5.41. The van der Waals surface area contributed by atoms with Gasteiger partial charge in [0, 0.05) is 19.1 Å². The molecule has 1 aliphatic rings. The Labute approximate surface area is 106 Å².